The third-order valence-corrected chi connectivity index (χ3v) is 3.60. The number of amides is 1. The van der Waals surface area contributed by atoms with Crippen LogP contribution in [-0.4, -0.2) is 23.0 Å². The molecule has 0 saturated heterocycles. The van der Waals surface area contributed by atoms with Gasteiger partial charge in [0.1, 0.15) is 6.04 Å². The molecule has 0 aromatic heterocycles. The maximum absolute atomic E-state index is 12.6. The molecule has 0 fully saturated rings. The molecule has 0 aliphatic heterocycles. The number of carboxylic acids is 1. The molecule has 24 heavy (non-hydrogen) atoms. The van der Waals surface area contributed by atoms with Gasteiger partial charge < -0.3 is 10.4 Å². The summed E-state index contributed by atoms with van der Waals surface area (Å²) in [7, 11) is 0. The number of alkyl halides is 3. The molecule has 1 atom stereocenters. The van der Waals surface area contributed by atoms with Gasteiger partial charge in [-0.05, 0) is 18.1 Å². The van der Waals surface area contributed by atoms with Gasteiger partial charge in [-0.3, -0.25) is 4.79 Å². The zero-order valence-corrected chi connectivity index (χ0v) is 13.5. The van der Waals surface area contributed by atoms with Gasteiger partial charge in [0, 0.05) is 0 Å². The second-order valence-corrected chi connectivity index (χ2v) is 5.68. The van der Waals surface area contributed by atoms with E-state index in [2.05, 4.69) is 5.32 Å². The number of benzene rings is 1. The number of hydrogen-bond donors (Lipinski definition) is 2. The van der Waals surface area contributed by atoms with Crippen LogP contribution in [0.4, 0.5) is 13.2 Å². The van der Waals surface area contributed by atoms with Crippen molar-refractivity contribution < 1.29 is 27.9 Å². The van der Waals surface area contributed by atoms with Crippen LogP contribution in [0.5, 0.6) is 0 Å². The predicted molar refractivity (Wildman–Crippen MR) is 83.5 cm³/mol. The summed E-state index contributed by atoms with van der Waals surface area (Å²) in [5.74, 6) is -1.74. The van der Waals surface area contributed by atoms with E-state index >= 15 is 0 Å². The number of hydrogen-bond acceptors (Lipinski definition) is 2. The van der Waals surface area contributed by atoms with E-state index in [-0.39, 0.29) is 12.0 Å². The van der Waals surface area contributed by atoms with Crippen molar-refractivity contribution in [3.8, 4) is 0 Å². The van der Waals surface area contributed by atoms with Crippen LogP contribution in [0.25, 0.3) is 0 Å². The average molecular weight is 345 g/mol. The highest BCUT2D eigenvalue weighted by Crippen LogP contribution is 2.29. The van der Waals surface area contributed by atoms with Crippen molar-refractivity contribution in [1.82, 2.24) is 5.32 Å². The van der Waals surface area contributed by atoms with Crippen LogP contribution >= 0.6 is 0 Å². The van der Waals surface area contributed by atoms with Gasteiger partial charge in [0.2, 0.25) is 5.91 Å². The molecule has 1 rings (SSSR count). The molecular weight excluding hydrogens is 323 g/mol. The molecule has 1 aromatic rings. The molecule has 0 saturated carbocycles. The summed E-state index contributed by atoms with van der Waals surface area (Å²) >= 11 is 0. The van der Waals surface area contributed by atoms with Gasteiger partial charge in [-0.25, -0.2) is 4.79 Å². The highest BCUT2D eigenvalue weighted by Gasteiger charge is 2.30. The van der Waals surface area contributed by atoms with Crippen molar-refractivity contribution in [2.45, 2.75) is 57.7 Å². The van der Waals surface area contributed by atoms with Gasteiger partial charge in [0.15, 0.2) is 0 Å². The van der Waals surface area contributed by atoms with E-state index in [1.54, 1.807) is 0 Å². The average Bonchev–Trinajstić information content (AvgIpc) is 2.49. The molecule has 0 radical (unpaired) electrons. The first-order chi connectivity index (χ1) is 11.2. The first kappa shape index (κ1) is 20.0. The molecule has 0 aliphatic rings. The molecule has 1 aromatic carbocycles. The third kappa shape index (κ3) is 7.02. The van der Waals surface area contributed by atoms with Crippen molar-refractivity contribution in [3.63, 3.8) is 0 Å². The Kier molecular flexibility index (Phi) is 7.74. The molecule has 0 unspecified atom stereocenters. The van der Waals surface area contributed by atoms with Crippen LogP contribution in [-0.2, 0) is 22.2 Å². The molecule has 2 N–H and O–H groups in total. The van der Waals surface area contributed by atoms with Crippen molar-refractivity contribution >= 4 is 11.9 Å². The number of carbonyl (C=O) groups excluding carboxylic acids is 1. The Morgan fingerprint density at radius 1 is 1.21 bits per heavy atom. The zero-order chi connectivity index (χ0) is 18.2. The normalized spacial score (nSPS) is 12.7. The fraction of sp³-hybridized carbons (Fsp3) is 0.529. The van der Waals surface area contributed by atoms with Gasteiger partial charge in [-0.1, -0.05) is 50.8 Å². The number of rotatable bonds is 9. The van der Waals surface area contributed by atoms with Gasteiger partial charge in [0.05, 0.1) is 12.0 Å². The molecule has 1 amide bonds. The topological polar surface area (TPSA) is 66.4 Å². The lowest BCUT2D eigenvalue weighted by atomic mass is 10.1. The standard InChI is InChI=1S/C17H22F3NO3/c1-2-3-4-5-9-14(16(23)24)21-15(22)11-12-7-6-8-13(10-12)17(18,19)20/h6-8,10,14H,2-5,9,11H2,1H3,(H,21,22)(H,23,24)/t14-/m0/s1. The van der Waals surface area contributed by atoms with Crippen molar-refractivity contribution in [2.24, 2.45) is 0 Å². The smallest absolute Gasteiger partial charge is 0.416 e. The predicted octanol–water partition coefficient (Wildman–Crippen LogP) is 3.79. The summed E-state index contributed by atoms with van der Waals surface area (Å²) in [5.41, 5.74) is -0.639. The Bertz CT molecular complexity index is 558. The fourth-order valence-electron chi connectivity index (χ4n) is 2.32. The van der Waals surface area contributed by atoms with Crippen LogP contribution in [0.1, 0.15) is 50.2 Å². The van der Waals surface area contributed by atoms with E-state index in [0.29, 0.717) is 12.8 Å². The number of unbranched alkanes of at least 4 members (excludes halogenated alkanes) is 3. The second kappa shape index (κ2) is 9.30. The number of nitrogens with one attached hydrogen (secondary N) is 1. The molecular formula is C17H22F3NO3. The Labute approximate surface area is 139 Å². The van der Waals surface area contributed by atoms with Crippen molar-refractivity contribution in [2.75, 3.05) is 0 Å². The van der Waals surface area contributed by atoms with E-state index < -0.39 is 29.7 Å². The van der Waals surface area contributed by atoms with Gasteiger partial charge in [-0.15, -0.1) is 0 Å². The lowest BCUT2D eigenvalue weighted by Gasteiger charge is -2.15. The molecule has 0 heterocycles. The monoisotopic (exact) mass is 345 g/mol. The molecule has 0 bridgehead atoms. The van der Waals surface area contributed by atoms with Crippen LogP contribution < -0.4 is 5.32 Å². The van der Waals surface area contributed by atoms with Gasteiger partial charge in [0.25, 0.3) is 0 Å². The molecule has 0 aliphatic carbocycles. The van der Waals surface area contributed by atoms with Crippen LogP contribution in [0.3, 0.4) is 0 Å². The van der Waals surface area contributed by atoms with E-state index in [4.69, 9.17) is 5.11 Å². The Balaban J connectivity index is 2.61. The molecule has 4 nitrogen and oxygen atoms in total. The fourth-order valence-corrected chi connectivity index (χ4v) is 2.32. The Morgan fingerprint density at radius 3 is 2.50 bits per heavy atom. The van der Waals surface area contributed by atoms with Crippen LogP contribution in [0, 0.1) is 0 Å². The van der Waals surface area contributed by atoms with Crippen molar-refractivity contribution in [3.05, 3.63) is 35.4 Å². The minimum atomic E-state index is -4.48. The zero-order valence-electron chi connectivity index (χ0n) is 13.5. The van der Waals surface area contributed by atoms with Crippen LogP contribution in [0.15, 0.2) is 24.3 Å². The Hall–Kier alpha value is -2.05. The quantitative estimate of drug-likeness (QED) is 0.669. The minimum Gasteiger partial charge on any atom is -0.480 e. The number of carbonyl (C=O) groups is 2. The van der Waals surface area contributed by atoms with Gasteiger partial charge in [-0.2, -0.15) is 13.2 Å². The number of halogens is 3. The van der Waals surface area contributed by atoms with E-state index in [9.17, 15) is 22.8 Å². The van der Waals surface area contributed by atoms with E-state index in [1.807, 2.05) is 6.92 Å². The van der Waals surface area contributed by atoms with Crippen molar-refractivity contribution in [1.29, 1.82) is 0 Å². The number of carboxylic acid groups (broad SMARTS) is 1. The summed E-state index contributed by atoms with van der Waals surface area (Å²) in [6, 6.07) is 3.45. The summed E-state index contributed by atoms with van der Waals surface area (Å²) in [6.07, 6.45) is -0.899. The lowest BCUT2D eigenvalue weighted by molar-refractivity contribution is -0.142. The summed E-state index contributed by atoms with van der Waals surface area (Å²) in [6.45, 7) is 2.03. The maximum atomic E-state index is 12.6. The maximum Gasteiger partial charge on any atom is 0.416 e. The minimum absolute atomic E-state index is 0.192. The highest BCUT2D eigenvalue weighted by atomic mass is 19.4. The summed E-state index contributed by atoms with van der Waals surface area (Å²) in [5, 5.41) is 11.5. The summed E-state index contributed by atoms with van der Waals surface area (Å²) < 4.78 is 37.9. The van der Waals surface area contributed by atoms with E-state index in [0.717, 1.165) is 31.4 Å². The summed E-state index contributed by atoms with van der Waals surface area (Å²) in [4.78, 5) is 23.1. The van der Waals surface area contributed by atoms with E-state index in [1.165, 1.54) is 12.1 Å². The first-order valence-corrected chi connectivity index (χ1v) is 7.92. The molecule has 0 spiro atoms. The third-order valence-electron chi connectivity index (χ3n) is 3.60. The lowest BCUT2D eigenvalue weighted by Crippen LogP contribution is -2.41. The first-order valence-electron chi connectivity index (χ1n) is 7.92. The SMILES string of the molecule is CCCCCC[C@H](NC(=O)Cc1cccc(C(F)(F)F)c1)C(=O)O. The highest BCUT2D eigenvalue weighted by molar-refractivity contribution is 5.84. The number of aliphatic carboxylic acids is 1. The molecule has 134 valence electrons. The largest absolute Gasteiger partial charge is 0.480 e. The van der Waals surface area contributed by atoms with Gasteiger partial charge >= 0.3 is 12.1 Å². The second-order valence-electron chi connectivity index (χ2n) is 5.68. The van der Waals surface area contributed by atoms with Crippen LogP contribution in [0.2, 0.25) is 0 Å². The molecule has 7 heteroatoms. The Morgan fingerprint density at radius 2 is 1.92 bits per heavy atom.